The molecule has 32 valence electrons. The Morgan fingerprint density at radius 3 is 2.67 bits per heavy atom. The average Bonchev–Trinajstić information content (AvgIpc) is 1.86. The van der Waals surface area contributed by atoms with Gasteiger partial charge in [-0.2, -0.15) is 0 Å². The van der Waals surface area contributed by atoms with Gasteiger partial charge < -0.3 is 0 Å². The van der Waals surface area contributed by atoms with Gasteiger partial charge in [0.15, 0.2) is 0 Å². The zero-order valence-corrected chi connectivity index (χ0v) is 4.90. The van der Waals surface area contributed by atoms with E-state index in [9.17, 15) is 0 Å². The van der Waals surface area contributed by atoms with Gasteiger partial charge in [-0.05, 0) is 6.42 Å². The fraction of sp³-hybridized carbons (Fsp3) is 0.200. The van der Waals surface area contributed by atoms with Gasteiger partial charge in [-0.1, -0.05) is 34.2 Å². The van der Waals surface area contributed by atoms with Crippen molar-refractivity contribution in [1.29, 1.82) is 0 Å². The van der Waals surface area contributed by atoms with Gasteiger partial charge in [0.25, 0.3) is 0 Å². The van der Waals surface area contributed by atoms with Crippen LogP contribution < -0.4 is 0 Å². The molecule has 0 aromatic heterocycles. The van der Waals surface area contributed by atoms with Crippen LogP contribution in [0.15, 0.2) is 22.7 Å². The Balaban J connectivity index is 2.68. The minimum Gasteiger partial charge on any atom is -0.0796 e. The van der Waals surface area contributed by atoms with Gasteiger partial charge in [-0.3, -0.25) is 0 Å². The van der Waals surface area contributed by atoms with E-state index >= 15 is 0 Å². The predicted octanol–water partition coefficient (Wildman–Crippen LogP) is 2.23. The van der Waals surface area contributed by atoms with Gasteiger partial charge in [-0.15, -0.1) is 0 Å². The lowest BCUT2D eigenvalue weighted by Crippen LogP contribution is -1.44. The van der Waals surface area contributed by atoms with E-state index in [0.717, 1.165) is 6.42 Å². The molecule has 0 nitrogen and oxygen atoms in total. The van der Waals surface area contributed by atoms with Crippen LogP contribution in [0.1, 0.15) is 6.42 Å². The Kier molecular flexibility index (Phi) is 1.10. The molecule has 0 aliphatic heterocycles. The summed E-state index contributed by atoms with van der Waals surface area (Å²) in [5.74, 6) is 0. The van der Waals surface area contributed by atoms with Crippen LogP contribution in [0.25, 0.3) is 0 Å². The molecular weight excluding hydrogens is 140 g/mol. The quantitative estimate of drug-likeness (QED) is 0.490. The molecule has 0 heterocycles. The van der Waals surface area contributed by atoms with Crippen LogP contribution in [-0.4, -0.2) is 0 Å². The van der Waals surface area contributed by atoms with Gasteiger partial charge >= 0.3 is 0 Å². The molecule has 0 spiro atoms. The van der Waals surface area contributed by atoms with Crippen LogP contribution in [0.5, 0.6) is 0 Å². The van der Waals surface area contributed by atoms with Crippen LogP contribution in [0.2, 0.25) is 0 Å². The monoisotopic (exact) mass is 144 g/mol. The Labute approximate surface area is 45.7 Å². The smallest absolute Gasteiger partial charge is 0.0135 e. The summed E-state index contributed by atoms with van der Waals surface area (Å²) in [6.07, 6.45) is 7.39. The molecule has 0 saturated heterocycles. The van der Waals surface area contributed by atoms with Crippen molar-refractivity contribution in [2.75, 3.05) is 0 Å². The third-order valence-corrected chi connectivity index (χ3v) is 1.31. The van der Waals surface area contributed by atoms with Crippen molar-refractivity contribution in [2.45, 2.75) is 6.42 Å². The maximum Gasteiger partial charge on any atom is 0.0135 e. The zero-order valence-electron chi connectivity index (χ0n) is 3.32. The van der Waals surface area contributed by atoms with Gasteiger partial charge in [-0.25, -0.2) is 0 Å². The van der Waals surface area contributed by atoms with Crippen LogP contribution in [0.3, 0.4) is 0 Å². The van der Waals surface area contributed by atoms with Crippen LogP contribution in [-0.2, 0) is 0 Å². The molecule has 1 heteroatoms. The molecule has 0 saturated carbocycles. The van der Waals surface area contributed by atoms with E-state index < -0.39 is 0 Å². The van der Waals surface area contributed by atoms with Gasteiger partial charge in [0, 0.05) is 4.48 Å². The molecule has 0 unspecified atom stereocenters. The minimum atomic E-state index is 1.10. The molecule has 0 N–H and O–H groups in total. The first-order chi connectivity index (χ1) is 2.89. The molecule has 0 aromatic carbocycles. The van der Waals surface area contributed by atoms with E-state index in [0.29, 0.717) is 0 Å². The summed E-state index contributed by atoms with van der Waals surface area (Å²) in [5, 5.41) is 0. The van der Waals surface area contributed by atoms with E-state index in [1.54, 1.807) is 0 Å². The van der Waals surface area contributed by atoms with Gasteiger partial charge in [0.05, 0.1) is 0 Å². The van der Waals surface area contributed by atoms with Crippen molar-refractivity contribution in [1.82, 2.24) is 0 Å². The molecule has 0 fully saturated rings. The topological polar surface area (TPSA) is 0 Å². The van der Waals surface area contributed by atoms with Gasteiger partial charge in [0.1, 0.15) is 0 Å². The summed E-state index contributed by atoms with van der Waals surface area (Å²) in [4.78, 5) is 0. The predicted molar refractivity (Wildman–Crippen MR) is 30.8 cm³/mol. The minimum absolute atomic E-state index is 1.10. The number of rotatable bonds is 0. The molecule has 6 heavy (non-hydrogen) atoms. The lowest BCUT2D eigenvalue weighted by molar-refractivity contribution is 1.45. The summed E-state index contributed by atoms with van der Waals surface area (Å²) in [7, 11) is 0. The molecule has 0 atom stereocenters. The highest BCUT2D eigenvalue weighted by molar-refractivity contribution is 9.11. The van der Waals surface area contributed by atoms with E-state index in [2.05, 4.69) is 34.2 Å². The van der Waals surface area contributed by atoms with Crippen molar-refractivity contribution < 1.29 is 0 Å². The van der Waals surface area contributed by atoms with Crippen LogP contribution in [0, 0.1) is 0 Å². The standard InChI is InChI=1S/C5H5Br/c6-5-3-1-2-4-5/h1,3-4H,2H2. The third kappa shape index (κ3) is 0.716. The number of allylic oxidation sites excluding steroid dienone is 4. The Hall–Kier alpha value is -0.0400. The second-order valence-corrected chi connectivity index (χ2v) is 2.14. The second-order valence-electron chi connectivity index (χ2n) is 1.23. The number of hydrogen-bond donors (Lipinski definition) is 0. The SMILES string of the molecule is BrC1=CCC=C1. The molecule has 0 aromatic rings. The molecule has 1 aliphatic rings. The van der Waals surface area contributed by atoms with Crippen molar-refractivity contribution >= 4 is 15.9 Å². The maximum absolute atomic E-state index is 3.31. The highest BCUT2D eigenvalue weighted by Crippen LogP contribution is 2.13. The number of hydrogen-bond acceptors (Lipinski definition) is 0. The Morgan fingerprint density at radius 2 is 2.50 bits per heavy atom. The first-order valence-corrected chi connectivity index (χ1v) is 2.71. The molecular formula is C5H5Br. The highest BCUT2D eigenvalue weighted by Gasteiger charge is 1.86. The van der Waals surface area contributed by atoms with Crippen molar-refractivity contribution in [3.63, 3.8) is 0 Å². The summed E-state index contributed by atoms with van der Waals surface area (Å²) < 4.78 is 1.21. The first kappa shape index (κ1) is 4.13. The lowest BCUT2D eigenvalue weighted by atomic mass is 10.5. The fourth-order valence-electron chi connectivity index (χ4n) is 0.429. The Morgan fingerprint density at radius 1 is 1.67 bits per heavy atom. The first-order valence-electron chi connectivity index (χ1n) is 1.92. The molecule has 0 radical (unpaired) electrons. The largest absolute Gasteiger partial charge is 0.0796 e. The van der Waals surface area contributed by atoms with Crippen LogP contribution >= 0.6 is 15.9 Å². The lowest BCUT2D eigenvalue weighted by Gasteiger charge is -1.69. The second kappa shape index (κ2) is 1.61. The zero-order chi connectivity index (χ0) is 4.41. The molecule has 0 bridgehead atoms. The van der Waals surface area contributed by atoms with Crippen molar-refractivity contribution in [3.05, 3.63) is 22.7 Å². The fourth-order valence-corrected chi connectivity index (χ4v) is 0.803. The summed E-state index contributed by atoms with van der Waals surface area (Å²) >= 11 is 3.31. The van der Waals surface area contributed by atoms with Gasteiger partial charge in [0.2, 0.25) is 0 Å². The van der Waals surface area contributed by atoms with E-state index in [4.69, 9.17) is 0 Å². The highest BCUT2D eigenvalue weighted by atomic mass is 79.9. The third-order valence-electron chi connectivity index (χ3n) is 0.726. The normalized spacial score (nSPS) is 18.5. The summed E-state index contributed by atoms with van der Waals surface area (Å²) in [6.45, 7) is 0. The average molecular weight is 145 g/mol. The summed E-state index contributed by atoms with van der Waals surface area (Å²) in [6, 6.07) is 0. The van der Waals surface area contributed by atoms with Crippen LogP contribution in [0.4, 0.5) is 0 Å². The summed E-state index contributed by atoms with van der Waals surface area (Å²) in [5.41, 5.74) is 0. The van der Waals surface area contributed by atoms with E-state index in [1.807, 2.05) is 0 Å². The van der Waals surface area contributed by atoms with Crippen molar-refractivity contribution in [3.8, 4) is 0 Å². The Bertz CT molecular complexity index is 97.8. The van der Waals surface area contributed by atoms with Crippen molar-refractivity contribution in [2.24, 2.45) is 0 Å². The molecule has 1 rings (SSSR count). The van der Waals surface area contributed by atoms with E-state index in [1.165, 1.54) is 4.48 Å². The van der Waals surface area contributed by atoms with E-state index in [-0.39, 0.29) is 0 Å². The maximum atomic E-state index is 3.31. The molecule has 0 amide bonds. The molecule has 1 aliphatic carbocycles. The number of halogens is 1.